The Balaban J connectivity index is 1.96. The molecule has 29 heavy (non-hydrogen) atoms. The topological polar surface area (TPSA) is 61.9 Å². The van der Waals surface area contributed by atoms with E-state index in [4.69, 9.17) is 16.3 Å². The van der Waals surface area contributed by atoms with Crippen LogP contribution in [0.3, 0.4) is 0 Å². The molecule has 0 radical (unpaired) electrons. The highest BCUT2D eigenvalue weighted by molar-refractivity contribution is 6.30. The van der Waals surface area contributed by atoms with E-state index in [-0.39, 0.29) is 17.9 Å². The van der Waals surface area contributed by atoms with E-state index in [1.165, 1.54) is 5.56 Å². The Hall–Kier alpha value is -1.79. The van der Waals surface area contributed by atoms with E-state index in [1.807, 2.05) is 43.0 Å². The number of rotatable bonds is 5. The summed E-state index contributed by atoms with van der Waals surface area (Å²) in [4.78, 5) is 29.5. The predicted molar refractivity (Wildman–Crippen MR) is 116 cm³/mol. The van der Waals surface area contributed by atoms with Crippen molar-refractivity contribution >= 4 is 23.6 Å². The number of carbonyl (C=O) groups excluding carboxylic acids is 2. The molecule has 1 aromatic carbocycles. The fourth-order valence-corrected chi connectivity index (χ4v) is 3.53. The minimum Gasteiger partial charge on any atom is -0.444 e. The minimum absolute atomic E-state index is 0.0302. The molecule has 1 heterocycles. The maximum Gasteiger partial charge on any atom is 0.408 e. The van der Waals surface area contributed by atoms with E-state index in [0.717, 1.165) is 18.1 Å². The lowest BCUT2D eigenvalue weighted by Crippen LogP contribution is -2.59. The zero-order valence-electron chi connectivity index (χ0n) is 18.4. The van der Waals surface area contributed by atoms with Crippen molar-refractivity contribution in [3.05, 3.63) is 34.9 Å². The number of hydrogen-bond acceptors (Lipinski definition) is 4. The number of hydrogen-bond donors (Lipinski definition) is 1. The molecule has 2 atom stereocenters. The van der Waals surface area contributed by atoms with Crippen molar-refractivity contribution in [2.24, 2.45) is 5.92 Å². The van der Waals surface area contributed by atoms with Crippen LogP contribution in [0.4, 0.5) is 4.79 Å². The van der Waals surface area contributed by atoms with E-state index < -0.39 is 17.7 Å². The molecule has 0 aliphatic carbocycles. The van der Waals surface area contributed by atoms with Gasteiger partial charge in [-0.15, -0.1) is 0 Å². The van der Waals surface area contributed by atoms with Gasteiger partial charge in [-0.3, -0.25) is 9.69 Å². The number of ether oxygens (including phenoxy) is 1. The van der Waals surface area contributed by atoms with Crippen LogP contribution in [-0.4, -0.2) is 59.1 Å². The number of benzene rings is 1. The molecular weight excluding hydrogens is 390 g/mol. The van der Waals surface area contributed by atoms with Crippen LogP contribution in [0, 0.1) is 5.92 Å². The van der Waals surface area contributed by atoms with Crippen molar-refractivity contribution in [1.82, 2.24) is 15.1 Å². The number of carbonyl (C=O) groups is 2. The zero-order chi connectivity index (χ0) is 21.8. The maximum atomic E-state index is 13.1. The summed E-state index contributed by atoms with van der Waals surface area (Å²) in [5.41, 5.74) is 0.601. The van der Waals surface area contributed by atoms with Gasteiger partial charge in [0.15, 0.2) is 0 Å². The summed E-state index contributed by atoms with van der Waals surface area (Å²) in [6.45, 7) is 14.3. The van der Waals surface area contributed by atoms with E-state index in [0.29, 0.717) is 13.1 Å². The monoisotopic (exact) mass is 423 g/mol. The number of amides is 2. The molecule has 1 aliphatic rings. The van der Waals surface area contributed by atoms with Crippen LogP contribution in [0.1, 0.15) is 47.1 Å². The molecule has 2 rings (SSSR count). The number of nitrogens with one attached hydrogen (secondary N) is 1. The largest absolute Gasteiger partial charge is 0.444 e. The van der Waals surface area contributed by atoms with E-state index in [1.54, 1.807) is 20.8 Å². The highest BCUT2D eigenvalue weighted by Gasteiger charge is 2.34. The Morgan fingerprint density at radius 2 is 1.83 bits per heavy atom. The van der Waals surface area contributed by atoms with Crippen LogP contribution < -0.4 is 5.32 Å². The average molecular weight is 424 g/mol. The Morgan fingerprint density at radius 1 is 1.21 bits per heavy atom. The average Bonchev–Trinajstić information content (AvgIpc) is 2.61. The van der Waals surface area contributed by atoms with Gasteiger partial charge in [0.25, 0.3) is 0 Å². The third-order valence-corrected chi connectivity index (χ3v) is 5.23. The molecule has 2 amide bonds. The molecular formula is C22H34ClN3O3. The van der Waals surface area contributed by atoms with Gasteiger partial charge >= 0.3 is 6.09 Å². The summed E-state index contributed by atoms with van der Waals surface area (Å²) in [6, 6.07) is 7.49. The zero-order valence-corrected chi connectivity index (χ0v) is 19.1. The molecule has 1 saturated heterocycles. The molecule has 1 N–H and O–H groups in total. The van der Waals surface area contributed by atoms with Gasteiger partial charge in [0, 0.05) is 37.2 Å². The van der Waals surface area contributed by atoms with Crippen molar-refractivity contribution in [3.8, 4) is 0 Å². The van der Waals surface area contributed by atoms with E-state index >= 15 is 0 Å². The Kier molecular flexibility index (Phi) is 7.94. The van der Waals surface area contributed by atoms with Gasteiger partial charge in [-0.2, -0.15) is 0 Å². The van der Waals surface area contributed by atoms with E-state index in [2.05, 4.69) is 17.1 Å². The lowest BCUT2D eigenvalue weighted by Gasteiger charge is -2.41. The summed E-state index contributed by atoms with van der Waals surface area (Å²) in [7, 11) is 0. The summed E-state index contributed by atoms with van der Waals surface area (Å²) >= 11 is 5.97. The molecule has 0 bridgehead atoms. The molecule has 1 fully saturated rings. The molecule has 1 aliphatic heterocycles. The number of alkyl carbamates (subject to hydrolysis) is 1. The van der Waals surface area contributed by atoms with Gasteiger partial charge < -0.3 is 15.0 Å². The van der Waals surface area contributed by atoms with Crippen LogP contribution in [0.2, 0.25) is 5.02 Å². The van der Waals surface area contributed by atoms with Gasteiger partial charge in [0.2, 0.25) is 5.91 Å². The van der Waals surface area contributed by atoms with Crippen LogP contribution in [0.15, 0.2) is 24.3 Å². The second-order valence-electron chi connectivity index (χ2n) is 9.10. The molecule has 0 unspecified atom stereocenters. The first-order chi connectivity index (χ1) is 13.5. The quantitative estimate of drug-likeness (QED) is 0.779. The predicted octanol–water partition coefficient (Wildman–Crippen LogP) is 3.92. The fraction of sp³-hybridized carbons (Fsp3) is 0.636. The molecule has 6 nitrogen and oxygen atoms in total. The Labute approximate surface area is 179 Å². The molecule has 162 valence electrons. The number of halogens is 1. The second kappa shape index (κ2) is 9.81. The number of nitrogens with zero attached hydrogens (tertiary/aromatic N) is 2. The minimum atomic E-state index is -0.601. The van der Waals surface area contributed by atoms with Crippen molar-refractivity contribution in [2.45, 2.75) is 65.8 Å². The lowest BCUT2D eigenvalue weighted by atomic mass is 10.0. The maximum absolute atomic E-state index is 13.1. The second-order valence-corrected chi connectivity index (χ2v) is 9.53. The van der Waals surface area contributed by atoms with Gasteiger partial charge in [-0.1, -0.05) is 37.6 Å². The fourth-order valence-electron chi connectivity index (χ4n) is 3.40. The third kappa shape index (κ3) is 7.19. The van der Waals surface area contributed by atoms with Gasteiger partial charge in [0.05, 0.1) is 0 Å². The molecule has 7 heteroatoms. The van der Waals surface area contributed by atoms with Gasteiger partial charge in [-0.25, -0.2) is 4.79 Å². The Morgan fingerprint density at radius 3 is 2.34 bits per heavy atom. The Bertz CT molecular complexity index is 700. The van der Waals surface area contributed by atoms with Crippen LogP contribution in [0.25, 0.3) is 0 Å². The SMILES string of the molecule is CC(C)[C@H](NC(=O)OC(C)(C)C)C(=O)N1CCN(Cc2ccc(Cl)cc2)[C@@H](C)C1. The molecule has 0 saturated carbocycles. The normalized spacial score (nSPS) is 19.2. The first-order valence-electron chi connectivity index (χ1n) is 10.2. The van der Waals surface area contributed by atoms with Gasteiger partial charge in [0.1, 0.15) is 11.6 Å². The van der Waals surface area contributed by atoms with Crippen molar-refractivity contribution in [1.29, 1.82) is 0 Å². The first kappa shape index (κ1) is 23.5. The van der Waals surface area contributed by atoms with Crippen LogP contribution >= 0.6 is 11.6 Å². The number of piperazine rings is 1. The van der Waals surface area contributed by atoms with Crippen molar-refractivity contribution in [2.75, 3.05) is 19.6 Å². The molecule has 0 aromatic heterocycles. The summed E-state index contributed by atoms with van der Waals surface area (Å²) < 4.78 is 5.33. The smallest absolute Gasteiger partial charge is 0.408 e. The summed E-state index contributed by atoms with van der Waals surface area (Å²) in [5, 5.41) is 3.49. The summed E-state index contributed by atoms with van der Waals surface area (Å²) in [6.07, 6.45) is -0.557. The third-order valence-electron chi connectivity index (χ3n) is 4.98. The lowest BCUT2D eigenvalue weighted by molar-refractivity contribution is -0.137. The first-order valence-corrected chi connectivity index (χ1v) is 10.6. The van der Waals surface area contributed by atoms with Crippen LogP contribution in [0.5, 0.6) is 0 Å². The highest BCUT2D eigenvalue weighted by Crippen LogP contribution is 2.18. The van der Waals surface area contributed by atoms with Crippen molar-refractivity contribution in [3.63, 3.8) is 0 Å². The molecule has 1 aromatic rings. The van der Waals surface area contributed by atoms with E-state index in [9.17, 15) is 9.59 Å². The highest BCUT2D eigenvalue weighted by atomic mass is 35.5. The standard InChI is InChI=1S/C22H34ClN3O3/c1-15(2)19(24-21(28)29-22(4,5)6)20(27)26-12-11-25(16(3)13-26)14-17-7-9-18(23)10-8-17/h7-10,15-16,19H,11-14H2,1-6H3,(H,24,28)/t16-,19-/m0/s1. The van der Waals surface area contributed by atoms with Crippen molar-refractivity contribution < 1.29 is 14.3 Å². The molecule has 0 spiro atoms. The van der Waals surface area contributed by atoms with Gasteiger partial charge in [-0.05, 0) is 51.3 Å². The van der Waals surface area contributed by atoms with Crippen LogP contribution in [-0.2, 0) is 16.1 Å². The summed E-state index contributed by atoms with van der Waals surface area (Å²) in [5.74, 6) is -0.0822.